The van der Waals surface area contributed by atoms with Crippen molar-refractivity contribution in [3.8, 4) is 17.0 Å². The van der Waals surface area contributed by atoms with Gasteiger partial charge in [0.15, 0.2) is 0 Å². The molecule has 1 N–H and O–H groups in total. The van der Waals surface area contributed by atoms with Crippen LogP contribution >= 0.6 is 11.6 Å². The molecule has 0 fully saturated rings. The number of rotatable bonds is 8. The van der Waals surface area contributed by atoms with Crippen LogP contribution in [0, 0.1) is 5.92 Å². The number of fused-ring (bicyclic) bond motifs is 1. The van der Waals surface area contributed by atoms with Crippen LogP contribution in [0.5, 0.6) is 5.75 Å². The Hall–Kier alpha value is -3.64. The molecule has 1 aliphatic heterocycles. The molecule has 35 heavy (non-hydrogen) atoms. The molecule has 0 radical (unpaired) electrons. The Morgan fingerprint density at radius 2 is 1.86 bits per heavy atom. The molecule has 1 amide bonds. The molecule has 1 unspecified atom stereocenters. The van der Waals surface area contributed by atoms with Crippen molar-refractivity contribution in [2.24, 2.45) is 5.92 Å². The molecule has 0 saturated heterocycles. The molecule has 5 rings (SSSR count). The Kier molecular flexibility index (Phi) is 6.55. The Balaban J connectivity index is 1.52. The average molecular weight is 487 g/mol. The number of pyridine rings is 1. The van der Waals surface area contributed by atoms with Crippen LogP contribution in [0.15, 0.2) is 73.1 Å². The molecule has 6 nitrogen and oxygen atoms in total. The maximum Gasteiger partial charge on any atom is 0.273 e. The number of aromatic amines is 1. The van der Waals surface area contributed by atoms with Gasteiger partial charge >= 0.3 is 0 Å². The highest BCUT2D eigenvalue weighted by atomic mass is 35.5. The first kappa shape index (κ1) is 23.1. The number of nitrogens with zero attached hydrogens (tertiary/aromatic N) is 3. The lowest BCUT2D eigenvalue weighted by Gasteiger charge is -2.26. The summed E-state index contributed by atoms with van der Waals surface area (Å²) in [5.74, 6) is 1.33. The van der Waals surface area contributed by atoms with Gasteiger partial charge in [0, 0.05) is 35.1 Å². The Labute approximate surface area is 209 Å². The fourth-order valence-electron chi connectivity index (χ4n) is 4.38. The zero-order valence-electron chi connectivity index (χ0n) is 19.7. The van der Waals surface area contributed by atoms with Gasteiger partial charge in [-0.1, -0.05) is 55.8 Å². The van der Waals surface area contributed by atoms with Crippen LogP contribution in [-0.4, -0.2) is 32.6 Å². The minimum absolute atomic E-state index is 0.0844. The minimum atomic E-state index is -0.299. The van der Waals surface area contributed by atoms with Crippen LogP contribution in [-0.2, 0) is 6.54 Å². The first-order chi connectivity index (χ1) is 17.0. The van der Waals surface area contributed by atoms with Gasteiger partial charge in [-0.15, -0.1) is 0 Å². The predicted molar refractivity (Wildman–Crippen MR) is 136 cm³/mol. The average Bonchev–Trinajstić information content (AvgIpc) is 3.40. The third-order valence-electron chi connectivity index (χ3n) is 6.22. The molecule has 1 aliphatic rings. The molecule has 0 saturated carbocycles. The number of nitrogens with one attached hydrogen (secondary N) is 1. The van der Waals surface area contributed by atoms with Crippen molar-refractivity contribution >= 4 is 17.5 Å². The lowest BCUT2D eigenvalue weighted by Crippen LogP contribution is -2.29. The van der Waals surface area contributed by atoms with Gasteiger partial charge in [0.25, 0.3) is 5.91 Å². The summed E-state index contributed by atoms with van der Waals surface area (Å²) in [6.07, 6.45) is 4.53. The van der Waals surface area contributed by atoms with Crippen LogP contribution in [0.4, 0.5) is 0 Å². The molecule has 2 aromatic heterocycles. The Bertz CT molecular complexity index is 1300. The maximum atomic E-state index is 13.5. The lowest BCUT2D eigenvalue weighted by molar-refractivity contribution is 0.0730. The Morgan fingerprint density at radius 3 is 2.54 bits per heavy atom. The van der Waals surface area contributed by atoms with Gasteiger partial charge in [-0.25, -0.2) is 0 Å². The number of carbonyl (C=O) groups excluding carboxylic acids is 1. The molecule has 178 valence electrons. The monoisotopic (exact) mass is 486 g/mol. The smallest absolute Gasteiger partial charge is 0.273 e. The van der Waals surface area contributed by atoms with Gasteiger partial charge < -0.3 is 9.64 Å². The van der Waals surface area contributed by atoms with E-state index in [0.29, 0.717) is 29.8 Å². The molecular formula is C28H27ClN4O2. The number of benzene rings is 2. The Morgan fingerprint density at radius 1 is 1.09 bits per heavy atom. The fraction of sp³-hybridized carbons (Fsp3) is 0.250. The maximum absolute atomic E-state index is 13.5. The van der Waals surface area contributed by atoms with E-state index in [-0.39, 0.29) is 11.9 Å². The topological polar surface area (TPSA) is 71.1 Å². The minimum Gasteiger partial charge on any atom is -0.494 e. The molecule has 0 bridgehead atoms. The first-order valence-corrected chi connectivity index (χ1v) is 12.2. The zero-order chi connectivity index (χ0) is 24.4. The summed E-state index contributed by atoms with van der Waals surface area (Å²) in [5, 5.41) is 8.18. The predicted octanol–water partition coefficient (Wildman–Crippen LogP) is 6.30. The van der Waals surface area contributed by atoms with Crippen molar-refractivity contribution in [1.82, 2.24) is 20.1 Å². The van der Waals surface area contributed by atoms with E-state index in [1.807, 2.05) is 65.6 Å². The van der Waals surface area contributed by atoms with E-state index < -0.39 is 0 Å². The van der Waals surface area contributed by atoms with E-state index in [1.165, 1.54) is 0 Å². The number of ether oxygens (including phenoxy) is 1. The summed E-state index contributed by atoms with van der Waals surface area (Å²) < 4.78 is 5.92. The normalized spacial score (nSPS) is 15.0. The number of carbonyl (C=O) groups is 1. The summed E-state index contributed by atoms with van der Waals surface area (Å²) in [6, 6.07) is 19.1. The van der Waals surface area contributed by atoms with Gasteiger partial charge in [-0.2, -0.15) is 5.10 Å². The molecule has 0 aliphatic carbocycles. The summed E-state index contributed by atoms with van der Waals surface area (Å²) in [6.45, 7) is 5.48. The van der Waals surface area contributed by atoms with Gasteiger partial charge in [-0.05, 0) is 53.8 Å². The van der Waals surface area contributed by atoms with Crippen molar-refractivity contribution in [3.63, 3.8) is 0 Å². The van der Waals surface area contributed by atoms with E-state index >= 15 is 0 Å². The number of hydrogen-bond donors (Lipinski definition) is 1. The molecule has 7 heteroatoms. The number of halogens is 1. The van der Waals surface area contributed by atoms with Crippen molar-refractivity contribution in [3.05, 3.63) is 100 Å². The highest BCUT2D eigenvalue weighted by molar-refractivity contribution is 6.30. The summed E-state index contributed by atoms with van der Waals surface area (Å²) in [4.78, 5) is 19.6. The second-order valence-corrected chi connectivity index (χ2v) is 9.60. The highest BCUT2D eigenvalue weighted by Gasteiger charge is 2.42. The second kappa shape index (κ2) is 9.92. The highest BCUT2D eigenvalue weighted by Crippen LogP contribution is 2.43. The van der Waals surface area contributed by atoms with Crippen LogP contribution in [0.2, 0.25) is 5.02 Å². The third kappa shape index (κ3) is 4.80. The van der Waals surface area contributed by atoms with Crippen LogP contribution in [0.1, 0.15) is 53.5 Å². The third-order valence-corrected chi connectivity index (χ3v) is 6.47. The van der Waals surface area contributed by atoms with Gasteiger partial charge in [0.1, 0.15) is 11.4 Å². The molecule has 1 atom stereocenters. The summed E-state index contributed by atoms with van der Waals surface area (Å²) in [7, 11) is 0. The van der Waals surface area contributed by atoms with Crippen molar-refractivity contribution in [2.75, 3.05) is 6.61 Å². The molecule has 4 aromatic rings. The number of hydrogen-bond acceptors (Lipinski definition) is 4. The SMILES string of the molecule is CC(C)CCOc1ccc(C2c3c(-c4ccc(Cl)cc4)n[nH]c3C(=O)N2Cc2cccnc2)cc1. The van der Waals surface area contributed by atoms with Crippen LogP contribution < -0.4 is 4.74 Å². The number of H-pyrrole nitrogens is 1. The standard InChI is InChI=1S/C28H27ClN4O2/c1-18(2)13-15-35-23-11-7-21(8-12-23)27-24-25(20-5-9-22(29)10-6-20)31-32-26(24)28(34)33(27)17-19-4-3-14-30-16-19/h3-12,14,16,18,27H,13,15,17H2,1-2H3,(H,31,32). The van der Waals surface area contributed by atoms with Crippen molar-refractivity contribution in [1.29, 1.82) is 0 Å². The molecule has 3 heterocycles. The molecule has 0 spiro atoms. The number of amides is 1. The first-order valence-electron chi connectivity index (χ1n) is 11.8. The van der Waals surface area contributed by atoms with Crippen molar-refractivity contribution in [2.45, 2.75) is 32.9 Å². The molecular weight excluding hydrogens is 460 g/mol. The molecule has 2 aromatic carbocycles. The lowest BCUT2D eigenvalue weighted by atomic mass is 9.96. The zero-order valence-corrected chi connectivity index (χ0v) is 20.5. The second-order valence-electron chi connectivity index (χ2n) is 9.16. The van der Waals surface area contributed by atoms with E-state index in [1.54, 1.807) is 12.4 Å². The van der Waals surface area contributed by atoms with Crippen molar-refractivity contribution < 1.29 is 9.53 Å². The van der Waals surface area contributed by atoms with E-state index in [9.17, 15) is 4.79 Å². The van der Waals surface area contributed by atoms with Gasteiger partial charge in [0.2, 0.25) is 0 Å². The van der Waals surface area contributed by atoms with Crippen LogP contribution in [0.3, 0.4) is 0 Å². The fourth-order valence-corrected chi connectivity index (χ4v) is 4.51. The number of aromatic nitrogens is 3. The van der Waals surface area contributed by atoms with Gasteiger partial charge in [-0.3, -0.25) is 14.9 Å². The largest absolute Gasteiger partial charge is 0.494 e. The van der Waals surface area contributed by atoms with Gasteiger partial charge in [0.05, 0.1) is 18.3 Å². The van der Waals surface area contributed by atoms with E-state index in [2.05, 4.69) is 29.0 Å². The quantitative estimate of drug-likeness (QED) is 0.317. The van der Waals surface area contributed by atoms with E-state index in [4.69, 9.17) is 16.3 Å². The van der Waals surface area contributed by atoms with Crippen LogP contribution in [0.25, 0.3) is 11.3 Å². The van der Waals surface area contributed by atoms with E-state index in [0.717, 1.165) is 40.1 Å². The summed E-state index contributed by atoms with van der Waals surface area (Å²) >= 11 is 6.11. The summed E-state index contributed by atoms with van der Waals surface area (Å²) in [5.41, 5.74) is 5.00.